The van der Waals surface area contributed by atoms with Crippen LogP contribution in [0.4, 0.5) is 5.95 Å². The minimum atomic E-state index is -0.354. The molecule has 2 rings (SSSR count). The molecule has 0 radical (unpaired) electrons. The van der Waals surface area contributed by atoms with Crippen LogP contribution in [0, 0.1) is 0 Å². The summed E-state index contributed by atoms with van der Waals surface area (Å²) in [5.74, 6) is 1.07. The van der Waals surface area contributed by atoms with Crippen LogP contribution >= 0.6 is 0 Å². The van der Waals surface area contributed by atoms with Gasteiger partial charge in [-0.15, -0.1) is 6.58 Å². The maximum absolute atomic E-state index is 11.8. The van der Waals surface area contributed by atoms with Gasteiger partial charge < -0.3 is 9.32 Å². The van der Waals surface area contributed by atoms with Gasteiger partial charge in [-0.25, -0.2) is 9.78 Å². The van der Waals surface area contributed by atoms with Gasteiger partial charge in [0.25, 0.3) is 0 Å². The van der Waals surface area contributed by atoms with Crippen molar-refractivity contribution >= 4 is 5.95 Å². The largest absolute Gasteiger partial charge is 0.467 e. The van der Waals surface area contributed by atoms with Crippen LogP contribution < -0.4 is 10.6 Å². The summed E-state index contributed by atoms with van der Waals surface area (Å²) in [5.41, 5.74) is -0.354. The third-order valence-electron chi connectivity index (χ3n) is 2.40. The van der Waals surface area contributed by atoms with Crippen molar-refractivity contribution in [1.82, 2.24) is 14.5 Å². The highest BCUT2D eigenvalue weighted by atomic mass is 16.3. The van der Waals surface area contributed by atoms with E-state index >= 15 is 0 Å². The van der Waals surface area contributed by atoms with Crippen LogP contribution in [0.25, 0.3) is 0 Å². The van der Waals surface area contributed by atoms with Gasteiger partial charge in [-0.2, -0.15) is 4.98 Å². The Balaban J connectivity index is 2.20. The highest BCUT2D eigenvalue weighted by Gasteiger charge is 2.06. The van der Waals surface area contributed by atoms with E-state index in [9.17, 15) is 4.79 Å². The summed E-state index contributed by atoms with van der Waals surface area (Å²) in [6.45, 7) is 4.54. The lowest BCUT2D eigenvalue weighted by Crippen LogP contribution is -2.29. The number of likely N-dealkylation sites (N-methyl/N-ethyl adjacent to an activating group) is 1. The standard InChI is InChI=1S/C12H14N4O2/c1-3-6-15(2)11-13-9-16(12(17)14-11)8-10-5-4-7-18-10/h3-5,7,9H,1,6,8H2,2H3. The fourth-order valence-electron chi connectivity index (χ4n) is 1.49. The Morgan fingerprint density at radius 3 is 3.06 bits per heavy atom. The second kappa shape index (κ2) is 5.31. The van der Waals surface area contributed by atoms with Crippen LogP contribution in [-0.4, -0.2) is 28.1 Å². The molecule has 6 heteroatoms. The summed E-state index contributed by atoms with van der Waals surface area (Å²) in [5, 5.41) is 0. The van der Waals surface area contributed by atoms with Gasteiger partial charge in [-0.05, 0) is 12.1 Å². The summed E-state index contributed by atoms with van der Waals surface area (Å²) in [7, 11) is 1.80. The van der Waals surface area contributed by atoms with Gasteiger partial charge in [0.1, 0.15) is 12.1 Å². The molecule has 0 saturated carbocycles. The molecule has 0 N–H and O–H groups in total. The maximum atomic E-state index is 11.8. The molecule has 0 saturated heterocycles. The minimum Gasteiger partial charge on any atom is -0.467 e. The van der Waals surface area contributed by atoms with Gasteiger partial charge in [0.15, 0.2) is 0 Å². The van der Waals surface area contributed by atoms with Crippen LogP contribution in [0.15, 0.2) is 46.6 Å². The molecule has 0 spiro atoms. The monoisotopic (exact) mass is 246 g/mol. The van der Waals surface area contributed by atoms with E-state index in [0.29, 0.717) is 24.8 Å². The SMILES string of the molecule is C=CCN(C)c1ncn(Cc2ccco2)c(=O)n1. The van der Waals surface area contributed by atoms with Crippen molar-refractivity contribution in [2.75, 3.05) is 18.5 Å². The Labute approximate surface area is 104 Å². The van der Waals surface area contributed by atoms with Crippen LogP contribution in [0.3, 0.4) is 0 Å². The smallest absolute Gasteiger partial charge is 0.352 e. The summed E-state index contributed by atoms with van der Waals surface area (Å²) in [6.07, 6.45) is 4.75. The van der Waals surface area contributed by atoms with Gasteiger partial charge >= 0.3 is 5.69 Å². The van der Waals surface area contributed by atoms with Crippen molar-refractivity contribution in [2.24, 2.45) is 0 Å². The van der Waals surface area contributed by atoms with Crippen molar-refractivity contribution in [3.05, 3.63) is 53.6 Å². The number of anilines is 1. The molecule has 18 heavy (non-hydrogen) atoms. The molecule has 0 aliphatic rings. The molecule has 0 aromatic carbocycles. The molecule has 0 fully saturated rings. The molecule has 94 valence electrons. The second-order valence-corrected chi connectivity index (χ2v) is 3.82. The average Bonchev–Trinajstić information content (AvgIpc) is 2.85. The predicted octanol–water partition coefficient (Wildman–Crippen LogP) is 0.902. The van der Waals surface area contributed by atoms with Crippen molar-refractivity contribution in [3.8, 4) is 0 Å². The molecule has 0 aliphatic carbocycles. The molecule has 6 nitrogen and oxygen atoms in total. The number of rotatable bonds is 5. The van der Waals surface area contributed by atoms with Crippen LogP contribution in [0.2, 0.25) is 0 Å². The first-order valence-corrected chi connectivity index (χ1v) is 5.48. The first-order chi connectivity index (χ1) is 8.70. The molecule has 2 aromatic heterocycles. The second-order valence-electron chi connectivity index (χ2n) is 3.82. The quantitative estimate of drug-likeness (QED) is 0.733. The Morgan fingerprint density at radius 2 is 2.44 bits per heavy atom. The molecule has 0 bridgehead atoms. The number of nitrogens with zero attached hydrogens (tertiary/aromatic N) is 4. The van der Waals surface area contributed by atoms with Gasteiger partial charge in [0.05, 0.1) is 12.8 Å². The first kappa shape index (κ1) is 12.1. The first-order valence-electron chi connectivity index (χ1n) is 5.48. The number of hydrogen-bond acceptors (Lipinski definition) is 5. The number of furan rings is 1. The lowest BCUT2D eigenvalue weighted by atomic mass is 10.4. The van der Waals surface area contributed by atoms with Crippen LogP contribution in [-0.2, 0) is 6.54 Å². The molecule has 0 atom stereocenters. The van der Waals surface area contributed by atoms with Gasteiger partial charge in [-0.3, -0.25) is 4.57 Å². The van der Waals surface area contributed by atoms with Gasteiger partial charge in [0.2, 0.25) is 5.95 Å². The Bertz CT molecular complexity index is 574. The summed E-state index contributed by atoms with van der Waals surface area (Å²) in [6, 6.07) is 3.57. The topological polar surface area (TPSA) is 64.2 Å². The number of hydrogen-bond donors (Lipinski definition) is 0. The van der Waals surface area contributed by atoms with Crippen molar-refractivity contribution in [3.63, 3.8) is 0 Å². The third-order valence-corrected chi connectivity index (χ3v) is 2.40. The van der Waals surface area contributed by atoms with Crippen molar-refractivity contribution < 1.29 is 4.42 Å². The number of aromatic nitrogens is 3. The lowest BCUT2D eigenvalue weighted by Gasteiger charge is -2.14. The van der Waals surface area contributed by atoms with Crippen LogP contribution in [0.1, 0.15) is 5.76 Å². The molecule has 0 aliphatic heterocycles. The van der Waals surface area contributed by atoms with Gasteiger partial charge in [-0.1, -0.05) is 6.08 Å². The molecule has 0 unspecified atom stereocenters. The fraction of sp³-hybridized carbons (Fsp3) is 0.250. The van der Waals surface area contributed by atoms with E-state index in [1.807, 2.05) is 0 Å². The van der Waals surface area contributed by atoms with E-state index < -0.39 is 0 Å². The highest BCUT2D eigenvalue weighted by Crippen LogP contribution is 2.03. The summed E-state index contributed by atoms with van der Waals surface area (Å²) in [4.78, 5) is 21.6. The maximum Gasteiger partial charge on any atom is 0.352 e. The van der Waals surface area contributed by atoms with E-state index in [-0.39, 0.29) is 5.69 Å². The molecule has 0 amide bonds. The van der Waals surface area contributed by atoms with E-state index in [1.165, 1.54) is 10.9 Å². The highest BCUT2D eigenvalue weighted by molar-refractivity contribution is 5.26. The van der Waals surface area contributed by atoms with Gasteiger partial charge in [0, 0.05) is 13.6 Å². The van der Waals surface area contributed by atoms with E-state index in [1.54, 1.807) is 36.4 Å². The zero-order chi connectivity index (χ0) is 13.0. The van der Waals surface area contributed by atoms with Crippen LogP contribution in [0.5, 0.6) is 0 Å². The average molecular weight is 246 g/mol. The van der Waals surface area contributed by atoms with Crippen molar-refractivity contribution in [2.45, 2.75) is 6.54 Å². The summed E-state index contributed by atoms with van der Waals surface area (Å²) >= 11 is 0. The summed E-state index contributed by atoms with van der Waals surface area (Å²) < 4.78 is 6.56. The minimum absolute atomic E-state index is 0.331. The fourth-order valence-corrected chi connectivity index (χ4v) is 1.49. The molecular formula is C12H14N4O2. The molecule has 2 heterocycles. The Hall–Kier alpha value is -2.37. The molecular weight excluding hydrogens is 232 g/mol. The Kier molecular flexibility index (Phi) is 3.57. The van der Waals surface area contributed by atoms with Crippen molar-refractivity contribution in [1.29, 1.82) is 0 Å². The van der Waals surface area contributed by atoms with E-state index in [4.69, 9.17) is 4.42 Å². The zero-order valence-corrected chi connectivity index (χ0v) is 10.1. The van der Waals surface area contributed by atoms with E-state index in [0.717, 1.165) is 0 Å². The normalized spacial score (nSPS) is 10.3. The third kappa shape index (κ3) is 2.65. The molecule has 2 aromatic rings. The zero-order valence-electron chi connectivity index (χ0n) is 10.1. The lowest BCUT2D eigenvalue weighted by molar-refractivity contribution is 0.484. The predicted molar refractivity (Wildman–Crippen MR) is 67.6 cm³/mol. The van der Waals surface area contributed by atoms with E-state index in [2.05, 4.69) is 16.5 Å². The Morgan fingerprint density at radius 1 is 1.61 bits per heavy atom.